The summed E-state index contributed by atoms with van der Waals surface area (Å²) < 4.78 is 11.4. The van der Waals surface area contributed by atoms with E-state index in [0.29, 0.717) is 18.1 Å². The number of carbonyl (C=O) groups excluding carboxylic acids is 1. The van der Waals surface area contributed by atoms with Crippen LogP contribution < -0.4 is 14.8 Å². The van der Waals surface area contributed by atoms with Crippen molar-refractivity contribution in [1.29, 1.82) is 0 Å². The van der Waals surface area contributed by atoms with Crippen molar-refractivity contribution in [3.63, 3.8) is 0 Å². The maximum atomic E-state index is 12.4. The number of benzene rings is 2. The lowest BCUT2D eigenvalue weighted by Gasteiger charge is -2.13. The molecule has 2 rings (SSSR count). The van der Waals surface area contributed by atoms with Crippen LogP contribution in [-0.4, -0.2) is 18.6 Å². The SMILES string of the molecule is CCC(C)Oc1ccc(NC(=O)c2ccc(OCCC(C)C)cc2)cc1. The summed E-state index contributed by atoms with van der Waals surface area (Å²) in [6.07, 6.45) is 2.14. The van der Waals surface area contributed by atoms with Gasteiger partial charge in [-0.15, -0.1) is 0 Å². The molecule has 1 N–H and O–H groups in total. The third kappa shape index (κ3) is 6.43. The van der Waals surface area contributed by atoms with Gasteiger partial charge < -0.3 is 14.8 Å². The highest BCUT2D eigenvalue weighted by Gasteiger charge is 2.07. The first-order valence-corrected chi connectivity index (χ1v) is 9.29. The summed E-state index contributed by atoms with van der Waals surface area (Å²) in [6.45, 7) is 9.14. The molecule has 2 aromatic rings. The predicted octanol–water partition coefficient (Wildman–Crippen LogP) is 5.54. The number of carbonyl (C=O) groups is 1. The monoisotopic (exact) mass is 355 g/mol. The van der Waals surface area contributed by atoms with E-state index in [9.17, 15) is 4.79 Å². The number of rotatable bonds is 9. The van der Waals surface area contributed by atoms with Gasteiger partial charge in [0.25, 0.3) is 5.91 Å². The summed E-state index contributed by atoms with van der Waals surface area (Å²) in [5.41, 5.74) is 1.34. The first-order chi connectivity index (χ1) is 12.5. The van der Waals surface area contributed by atoms with Crippen LogP contribution in [0.5, 0.6) is 11.5 Å². The van der Waals surface area contributed by atoms with Gasteiger partial charge >= 0.3 is 0 Å². The number of nitrogens with one attached hydrogen (secondary N) is 1. The molecule has 0 spiro atoms. The highest BCUT2D eigenvalue weighted by atomic mass is 16.5. The highest BCUT2D eigenvalue weighted by molar-refractivity contribution is 6.04. The normalized spacial score (nSPS) is 11.9. The van der Waals surface area contributed by atoms with Gasteiger partial charge in [0.2, 0.25) is 0 Å². The molecule has 1 atom stereocenters. The van der Waals surface area contributed by atoms with Crippen LogP contribution in [0, 0.1) is 5.92 Å². The Bertz CT molecular complexity index is 678. The van der Waals surface area contributed by atoms with Gasteiger partial charge in [0.1, 0.15) is 11.5 Å². The van der Waals surface area contributed by atoms with Crippen molar-refractivity contribution in [3.05, 3.63) is 54.1 Å². The zero-order chi connectivity index (χ0) is 18.9. The lowest BCUT2D eigenvalue weighted by atomic mass is 10.1. The quantitative estimate of drug-likeness (QED) is 0.642. The maximum Gasteiger partial charge on any atom is 0.255 e. The molecule has 0 bridgehead atoms. The van der Waals surface area contributed by atoms with Crippen LogP contribution in [0.4, 0.5) is 5.69 Å². The molecule has 140 valence electrons. The molecule has 4 nitrogen and oxygen atoms in total. The Morgan fingerprint density at radius 3 is 2.15 bits per heavy atom. The van der Waals surface area contributed by atoms with Crippen LogP contribution in [0.2, 0.25) is 0 Å². The first kappa shape index (κ1) is 19.8. The molecule has 2 aromatic carbocycles. The van der Waals surface area contributed by atoms with Crippen molar-refractivity contribution in [2.45, 2.75) is 46.6 Å². The zero-order valence-corrected chi connectivity index (χ0v) is 16.1. The summed E-state index contributed by atoms with van der Waals surface area (Å²) in [4.78, 5) is 12.4. The Morgan fingerprint density at radius 2 is 1.58 bits per heavy atom. The van der Waals surface area contributed by atoms with E-state index in [1.54, 1.807) is 12.1 Å². The van der Waals surface area contributed by atoms with Crippen LogP contribution in [-0.2, 0) is 0 Å². The second-order valence-corrected chi connectivity index (χ2v) is 6.87. The molecular formula is C22H29NO3. The fourth-order valence-corrected chi connectivity index (χ4v) is 2.25. The molecule has 0 heterocycles. The summed E-state index contributed by atoms with van der Waals surface area (Å²) >= 11 is 0. The number of amides is 1. The van der Waals surface area contributed by atoms with E-state index in [0.717, 1.165) is 30.0 Å². The van der Waals surface area contributed by atoms with E-state index < -0.39 is 0 Å². The van der Waals surface area contributed by atoms with Crippen molar-refractivity contribution in [3.8, 4) is 11.5 Å². The molecule has 0 aliphatic rings. The first-order valence-electron chi connectivity index (χ1n) is 9.29. The van der Waals surface area contributed by atoms with Gasteiger partial charge in [-0.1, -0.05) is 20.8 Å². The van der Waals surface area contributed by atoms with Crippen molar-refractivity contribution in [1.82, 2.24) is 0 Å². The average molecular weight is 355 g/mol. The fourth-order valence-electron chi connectivity index (χ4n) is 2.25. The van der Waals surface area contributed by atoms with Crippen LogP contribution in [0.15, 0.2) is 48.5 Å². The zero-order valence-electron chi connectivity index (χ0n) is 16.1. The summed E-state index contributed by atoms with van der Waals surface area (Å²) in [6, 6.07) is 14.6. The van der Waals surface area contributed by atoms with Crippen molar-refractivity contribution >= 4 is 11.6 Å². The van der Waals surface area contributed by atoms with E-state index in [2.05, 4.69) is 26.1 Å². The second-order valence-electron chi connectivity index (χ2n) is 6.87. The molecule has 26 heavy (non-hydrogen) atoms. The van der Waals surface area contributed by atoms with E-state index in [-0.39, 0.29) is 12.0 Å². The molecule has 0 aliphatic heterocycles. The molecule has 0 saturated carbocycles. The number of hydrogen-bond acceptors (Lipinski definition) is 3. The Morgan fingerprint density at radius 1 is 0.962 bits per heavy atom. The highest BCUT2D eigenvalue weighted by Crippen LogP contribution is 2.19. The van der Waals surface area contributed by atoms with Crippen molar-refractivity contribution in [2.75, 3.05) is 11.9 Å². The van der Waals surface area contributed by atoms with Crippen LogP contribution in [0.1, 0.15) is 50.9 Å². The lowest BCUT2D eigenvalue weighted by Crippen LogP contribution is -2.12. The third-order valence-electron chi connectivity index (χ3n) is 4.10. The Balaban J connectivity index is 1.88. The van der Waals surface area contributed by atoms with Gasteiger partial charge in [-0.25, -0.2) is 0 Å². The molecular weight excluding hydrogens is 326 g/mol. The largest absolute Gasteiger partial charge is 0.494 e. The van der Waals surface area contributed by atoms with E-state index in [1.165, 1.54) is 0 Å². The molecule has 0 fully saturated rings. The average Bonchev–Trinajstić information content (AvgIpc) is 2.63. The fraction of sp³-hybridized carbons (Fsp3) is 0.409. The van der Waals surface area contributed by atoms with Gasteiger partial charge in [0.05, 0.1) is 12.7 Å². The molecule has 1 amide bonds. The van der Waals surface area contributed by atoms with Crippen molar-refractivity contribution < 1.29 is 14.3 Å². The van der Waals surface area contributed by atoms with E-state index >= 15 is 0 Å². The van der Waals surface area contributed by atoms with Crippen LogP contribution in [0.25, 0.3) is 0 Å². The molecule has 0 saturated heterocycles. The number of anilines is 1. The van der Waals surface area contributed by atoms with Gasteiger partial charge in [0, 0.05) is 11.3 Å². The number of hydrogen-bond donors (Lipinski definition) is 1. The number of ether oxygens (including phenoxy) is 2. The minimum absolute atomic E-state index is 0.144. The van der Waals surface area contributed by atoms with Crippen LogP contribution >= 0.6 is 0 Å². The van der Waals surface area contributed by atoms with Gasteiger partial charge in [-0.3, -0.25) is 4.79 Å². The molecule has 0 aliphatic carbocycles. The Labute approximate surface area is 156 Å². The molecule has 0 aromatic heterocycles. The molecule has 1 unspecified atom stereocenters. The molecule has 4 heteroatoms. The van der Waals surface area contributed by atoms with Crippen LogP contribution in [0.3, 0.4) is 0 Å². The van der Waals surface area contributed by atoms with E-state index in [1.807, 2.05) is 43.3 Å². The second kappa shape index (κ2) is 9.85. The Hall–Kier alpha value is -2.49. The topological polar surface area (TPSA) is 47.6 Å². The van der Waals surface area contributed by atoms with Gasteiger partial charge in [0.15, 0.2) is 0 Å². The predicted molar refractivity (Wildman–Crippen MR) is 106 cm³/mol. The Kier molecular flexibility index (Phi) is 7.52. The smallest absolute Gasteiger partial charge is 0.255 e. The summed E-state index contributed by atoms with van der Waals surface area (Å²) in [5.74, 6) is 2.06. The van der Waals surface area contributed by atoms with Gasteiger partial charge in [-0.05, 0) is 74.2 Å². The summed E-state index contributed by atoms with van der Waals surface area (Å²) in [7, 11) is 0. The minimum atomic E-state index is -0.144. The summed E-state index contributed by atoms with van der Waals surface area (Å²) in [5, 5.41) is 2.89. The minimum Gasteiger partial charge on any atom is -0.494 e. The lowest BCUT2D eigenvalue weighted by molar-refractivity contribution is 0.102. The third-order valence-corrected chi connectivity index (χ3v) is 4.10. The van der Waals surface area contributed by atoms with Gasteiger partial charge in [-0.2, -0.15) is 0 Å². The maximum absolute atomic E-state index is 12.4. The molecule has 0 radical (unpaired) electrons. The standard InChI is InChI=1S/C22H29NO3/c1-5-17(4)26-21-12-8-19(9-13-21)23-22(24)18-6-10-20(11-7-18)25-15-14-16(2)3/h6-13,16-17H,5,14-15H2,1-4H3,(H,23,24). The van der Waals surface area contributed by atoms with E-state index in [4.69, 9.17) is 9.47 Å². The van der Waals surface area contributed by atoms with Crippen molar-refractivity contribution in [2.24, 2.45) is 5.92 Å².